The molecule has 3 atom stereocenters. The van der Waals surface area contributed by atoms with Crippen LogP contribution in [0.2, 0.25) is 0 Å². The van der Waals surface area contributed by atoms with Crippen molar-refractivity contribution in [3.63, 3.8) is 0 Å². The van der Waals surface area contributed by atoms with E-state index in [9.17, 15) is 19.8 Å². The Hall–Kier alpha value is -1.58. The van der Waals surface area contributed by atoms with Gasteiger partial charge in [0, 0.05) is 0 Å². The van der Waals surface area contributed by atoms with Crippen molar-refractivity contribution in [3.05, 3.63) is 24.3 Å². The number of hydrogen-bond acceptors (Lipinski definition) is 2. The number of allylic oxidation sites excluding steroid dienone is 4. The summed E-state index contributed by atoms with van der Waals surface area (Å²) < 4.78 is 0. The van der Waals surface area contributed by atoms with E-state index >= 15 is 0 Å². The van der Waals surface area contributed by atoms with Gasteiger partial charge in [0.1, 0.15) is 0 Å². The van der Waals surface area contributed by atoms with Crippen molar-refractivity contribution in [2.75, 3.05) is 0 Å². The van der Waals surface area contributed by atoms with E-state index in [2.05, 4.69) is 45.1 Å². The lowest BCUT2D eigenvalue weighted by Gasteiger charge is -2.27. The summed E-state index contributed by atoms with van der Waals surface area (Å²) in [7, 11) is 0. The number of hydrogen-bond donors (Lipinski definition) is 2. The highest BCUT2D eigenvalue weighted by Crippen LogP contribution is 2.33. The lowest BCUT2D eigenvalue weighted by Crippen LogP contribution is -2.28. The first-order valence-corrected chi connectivity index (χ1v) is 23.2. The van der Waals surface area contributed by atoms with Gasteiger partial charge in [-0.1, -0.05) is 199 Å². The Morgan fingerprint density at radius 1 is 0.385 bits per heavy atom. The molecule has 306 valence electrons. The van der Waals surface area contributed by atoms with Gasteiger partial charge in [0.25, 0.3) is 0 Å². The molecule has 0 saturated heterocycles. The van der Waals surface area contributed by atoms with E-state index in [1.54, 1.807) is 0 Å². The summed E-state index contributed by atoms with van der Waals surface area (Å²) >= 11 is 0. The normalized spacial score (nSPS) is 13.7. The molecule has 0 radical (unpaired) electrons. The summed E-state index contributed by atoms with van der Waals surface area (Å²) in [6.45, 7) is 6.77. The van der Waals surface area contributed by atoms with Gasteiger partial charge in [-0.3, -0.25) is 9.59 Å². The molecule has 0 fully saturated rings. The average Bonchev–Trinajstić information content (AvgIpc) is 3.13. The Bertz CT molecular complexity index is 817. The molecule has 0 aliphatic heterocycles. The molecular weight excluding hydrogens is 641 g/mol. The van der Waals surface area contributed by atoms with E-state index in [4.69, 9.17) is 0 Å². The molecule has 0 aliphatic rings. The fourth-order valence-electron chi connectivity index (χ4n) is 7.84. The smallest absolute Gasteiger partial charge is 0.306 e. The van der Waals surface area contributed by atoms with Gasteiger partial charge in [-0.25, -0.2) is 0 Å². The van der Waals surface area contributed by atoms with Crippen LogP contribution in [0.5, 0.6) is 0 Å². The van der Waals surface area contributed by atoms with Crippen LogP contribution in [0.4, 0.5) is 0 Å². The minimum Gasteiger partial charge on any atom is -0.481 e. The van der Waals surface area contributed by atoms with Crippen molar-refractivity contribution in [2.24, 2.45) is 17.8 Å². The van der Waals surface area contributed by atoms with Crippen LogP contribution in [0.15, 0.2) is 24.3 Å². The summed E-state index contributed by atoms with van der Waals surface area (Å²) in [6, 6.07) is 0. The molecule has 0 aromatic carbocycles. The Morgan fingerprint density at radius 3 is 1.04 bits per heavy atom. The van der Waals surface area contributed by atoms with Gasteiger partial charge in [0.2, 0.25) is 0 Å². The number of carbonyl (C=O) groups is 2. The molecule has 3 unspecified atom stereocenters. The molecule has 0 heterocycles. The van der Waals surface area contributed by atoms with Crippen LogP contribution in [0, 0.1) is 17.8 Å². The van der Waals surface area contributed by atoms with E-state index in [1.807, 2.05) is 0 Å². The van der Waals surface area contributed by atoms with Crippen molar-refractivity contribution >= 4 is 11.9 Å². The maximum atomic E-state index is 12.6. The molecule has 4 nitrogen and oxygen atoms in total. The number of unbranched alkanes of at least 4 members (excludes halogenated alkanes) is 27. The Balaban J connectivity index is 4.72. The van der Waals surface area contributed by atoms with Crippen molar-refractivity contribution in [1.82, 2.24) is 0 Å². The highest BCUT2D eigenvalue weighted by Gasteiger charge is 2.31. The molecule has 0 aromatic rings. The largest absolute Gasteiger partial charge is 0.481 e. The van der Waals surface area contributed by atoms with Crippen LogP contribution < -0.4 is 0 Å². The summed E-state index contributed by atoms with van der Waals surface area (Å²) in [6.07, 6.45) is 51.3. The topological polar surface area (TPSA) is 74.6 Å². The third-order valence-corrected chi connectivity index (χ3v) is 11.3. The summed E-state index contributed by atoms with van der Waals surface area (Å²) in [5, 5.41) is 20.6. The Kier molecular flexibility index (Phi) is 39.4. The van der Waals surface area contributed by atoms with E-state index < -0.39 is 23.8 Å². The molecular formula is C48H90O4. The lowest BCUT2D eigenvalue weighted by molar-refractivity contribution is -0.147. The van der Waals surface area contributed by atoms with Gasteiger partial charge < -0.3 is 10.2 Å². The van der Waals surface area contributed by atoms with Crippen molar-refractivity contribution in [2.45, 2.75) is 252 Å². The highest BCUT2D eigenvalue weighted by atomic mass is 16.4. The number of carboxylic acid groups (broad SMARTS) is 2. The minimum absolute atomic E-state index is 0.0413. The average molecular weight is 731 g/mol. The van der Waals surface area contributed by atoms with Crippen LogP contribution in [0.3, 0.4) is 0 Å². The van der Waals surface area contributed by atoms with Gasteiger partial charge >= 0.3 is 11.9 Å². The maximum absolute atomic E-state index is 12.6. The lowest BCUT2D eigenvalue weighted by atomic mass is 9.77. The van der Waals surface area contributed by atoms with Gasteiger partial charge in [-0.05, 0) is 83.0 Å². The molecule has 2 N–H and O–H groups in total. The van der Waals surface area contributed by atoms with Crippen LogP contribution >= 0.6 is 0 Å². The van der Waals surface area contributed by atoms with Crippen molar-refractivity contribution < 1.29 is 19.8 Å². The van der Waals surface area contributed by atoms with Gasteiger partial charge in [0.05, 0.1) is 11.8 Å². The van der Waals surface area contributed by atoms with Crippen molar-refractivity contribution in [3.8, 4) is 0 Å². The first-order chi connectivity index (χ1) is 25.5. The van der Waals surface area contributed by atoms with Crippen LogP contribution in [-0.4, -0.2) is 22.2 Å². The van der Waals surface area contributed by atoms with Gasteiger partial charge in [-0.2, -0.15) is 0 Å². The molecule has 0 aliphatic carbocycles. The van der Waals surface area contributed by atoms with E-state index in [-0.39, 0.29) is 5.92 Å². The highest BCUT2D eigenvalue weighted by molar-refractivity contribution is 5.71. The zero-order valence-electron chi connectivity index (χ0n) is 35.2. The van der Waals surface area contributed by atoms with Crippen LogP contribution in [0.25, 0.3) is 0 Å². The molecule has 0 bridgehead atoms. The first kappa shape index (κ1) is 50.4. The second-order valence-corrected chi connectivity index (χ2v) is 16.3. The van der Waals surface area contributed by atoms with Gasteiger partial charge in [0.15, 0.2) is 0 Å². The molecule has 0 saturated carbocycles. The number of carboxylic acids is 2. The fourth-order valence-corrected chi connectivity index (χ4v) is 7.84. The number of rotatable bonds is 42. The molecule has 0 rings (SSSR count). The monoisotopic (exact) mass is 731 g/mol. The molecule has 0 amide bonds. The van der Waals surface area contributed by atoms with E-state index in [0.717, 1.165) is 70.6 Å². The quantitative estimate of drug-likeness (QED) is 0.0484. The number of aliphatic carboxylic acids is 2. The van der Waals surface area contributed by atoms with Crippen LogP contribution in [-0.2, 0) is 9.59 Å². The Labute approximate surface area is 324 Å². The standard InChI is InChI=1S/C48H90O4/c1-4-7-10-13-16-19-21-23-25-27-29-32-35-38-41-45(47(49)50)43-44(40-37-34-31-18-15-12-9-6-3)46(48(51)52)42-39-36-33-30-28-26-24-22-20-17-14-11-8-5-2/h23-26,44-46H,4-22,27-43H2,1-3H3,(H,49,50)(H,51,52). The first-order valence-electron chi connectivity index (χ1n) is 23.2. The molecule has 52 heavy (non-hydrogen) atoms. The molecule has 0 aromatic heterocycles. The second-order valence-electron chi connectivity index (χ2n) is 16.3. The third-order valence-electron chi connectivity index (χ3n) is 11.3. The molecule has 4 heteroatoms. The zero-order chi connectivity index (χ0) is 38.2. The predicted octanol–water partition coefficient (Wildman–Crippen LogP) is 16.2. The summed E-state index contributed by atoms with van der Waals surface area (Å²) in [5.74, 6) is -2.34. The van der Waals surface area contributed by atoms with Gasteiger partial charge in [-0.15, -0.1) is 0 Å². The van der Waals surface area contributed by atoms with E-state index in [1.165, 1.54) is 141 Å². The fraction of sp³-hybridized carbons (Fsp3) is 0.875. The summed E-state index contributed by atoms with van der Waals surface area (Å²) in [5.41, 5.74) is 0. The third kappa shape index (κ3) is 34.2. The SMILES string of the molecule is CCCCCCCCC=CCCCCCCC(CC(CCCCCCCCCC)C(CCCCCCC=CCCCCCCCC)C(=O)O)C(=O)O. The zero-order valence-corrected chi connectivity index (χ0v) is 35.2. The Morgan fingerprint density at radius 2 is 0.692 bits per heavy atom. The van der Waals surface area contributed by atoms with Crippen molar-refractivity contribution in [1.29, 1.82) is 0 Å². The minimum atomic E-state index is -0.729. The molecule has 0 spiro atoms. The van der Waals surface area contributed by atoms with E-state index in [0.29, 0.717) is 19.3 Å². The summed E-state index contributed by atoms with van der Waals surface area (Å²) in [4.78, 5) is 25.1. The predicted molar refractivity (Wildman–Crippen MR) is 227 cm³/mol. The second kappa shape index (κ2) is 40.6. The van der Waals surface area contributed by atoms with Crippen LogP contribution in [0.1, 0.15) is 252 Å². The maximum Gasteiger partial charge on any atom is 0.306 e.